The fourth-order valence-corrected chi connectivity index (χ4v) is 11.8. The summed E-state index contributed by atoms with van der Waals surface area (Å²) in [6, 6.07) is 31.3. The van der Waals surface area contributed by atoms with Crippen molar-refractivity contribution in [3.05, 3.63) is 96.2 Å². The van der Waals surface area contributed by atoms with Gasteiger partial charge in [-0.25, -0.2) is 4.79 Å². The van der Waals surface area contributed by atoms with Crippen molar-refractivity contribution in [2.75, 3.05) is 32.5 Å². The van der Waals surface area contributed by atoms with E-state index >= 15 is 0 Å². The van der Waals surface area contributed by atoms with E-state index in [1.165, 1.54) is 22.1 Å². The van der Waals surface area contributed by atoms with Crippen molar-refractivity contribution in [2.45, 2.75) is 32.5 Å². The Kier molecular flexibility index (Phi) is 12.3. The first kappa shape index (κ1) is 34.0. The van der Waals surface area contributed by atoms with Crippen LogP contribution >= 0.6 is 14.9 Å². The smallest absolute Gasteiger partial charge is 0.407 e. The summed E-state index contributed by atoms with van der Waals surface area (Å²) >= 11 is 0. The van der Waals surface area contributed by atoms with Gasteiger partial charge < -0.3 is 41.3 Å². The first-order valence-corrected chi connectivity index (χ1v) is 17.5. The van der Waals surface area contributed by atoms with Gasteiger partial charge in [-0.15, -0.1) is 0 Å². The molecule has 1 amide bonds. The number of rotatable bonds is 13. The standard InChI is InChI=1S/C31H38N2O6P2.BrH/c1-4-38-41(36,39-5-2)31(3)26(21-23-33(31)35)25-37-30(34)32-22-24-40(27-15-9-6-10-16-27,28-17-11-7-12-18-28)29-19-13-8-14-20-29;/h6-20,23,26H,4-5,21-22,24-25H2,1-3H3;1H/t26-,31+;/m1./s1. The van der Waals surface area contributed by atoms with Crippen LogP contribution in [0.25, 0.3) is 0 Å². The van der Waals surface area contributed by atoms with Gasteiger partial charge in [0.25, 0.3) is 5.28 Å². The van der Waals surface area contributed by atoms with Crippen LogP contribution in [0.2, 0.25) is 0 Å². The quantitative estimate of drug-likeness (QED) is 0.170. The molecule has 0 bridgehead atoms. The van der Waals surface area contributed by atoms with Crippen LogP contribution in [-0.2, 0) is 18.3 Å². The maximum atomic E-state index is 13.6. The van der Waals surface area contributed by atoms with Crippen LogP contribution in [0.4, 0.5) is 4.79 Å². The highest BCUT2D eigenvalue weighted by molar-refractivity contribution is 7.95. The molecular weight excluding hydrogens is 638 g/mol. The number of hydroxylamine groups is 1. The van der Waals surface area contributed by atoms with Crippen molar-refractivity contribution in [2.24, 2.45) is 5.92 Å². The Morgan fingerprint density at radius 1 is 0.929 bits per heavy atom. The highest BCUT2D eigenvalue weighted by Gasteiger charge is 2.63. The van der Waals surface area contributed by atoms with Crippen molar-refractivity contribution in [1.29, 1.82) is 0 Å². The summed E-state index contributed by atoms with van der Waals surface area (Å²) in [5, 5.41) is 17.9. The summed E-state index contributed by atoms with van der Waals surface area (Å²) < 4.78 is 30.9. The molecule has 11 heteroatoms. The molecule has 0 unspecified atom stereocenters. The predicted octanol–water partition coefficient (Wildman–Crippen LogP) is 2.29. The van der Waals surface area contributed by atoms with Crippen LogP contribution in [0.15, 0.2) is 91.0 Å². The molecule has 1 aliphatic rings. The molecule has 3 aromatic carbocycles. The van der Waals surface area contributed by atoms with E-state index in [2.05, 4.69) is 78.1 Å². The molecule has 226 valence electrons. The fraction of sp³-hybridized carbons (Fsp3) is 0.355. The number of halogens is 1. The Morgan fingerprint density at radius 2 is 1.38 bits per heavy atom. The number of carbonyl (C=O) groups is 1. The van der Waals surface area contributed by atoms with E-state index < -0.39 is 32.1 Å². The van der Waals surface area contributed by atoms with Gasteiger partial charge in [0.1, 0.15) is 29.8 Å². The first-order valence-electron chi connectivity index (χ1n) is 14.0. The highest BCUT2D eigenvalue weighted by Crippen LogP contribution is 2.64. The molecule has 42 heavy (non-hydrogen) atoms. The molecule has 1 heterocycles. The zero-order chi connectivity index (χ0) is 29.3. The number of hydrogen-bond donors (Lipinski definition) is 1. The summed E-state index contributed by atoms with van der Waals surface area (Å²) in [6.07, 6.45) is 1.80. The first-order chi connectivity index (χ1) is 19.8. The lowest BCUT2D eigenvalue weighted by atomic mass is 10.0. The minimum absolute atomic E-state index is 0. The molecule has 8 nitrogen and oxygen atoms in total. The summed E-state index contributed by atoms with van der Waals surface area (Å²) in [6.45, 7) is 5.49. The molecule has 0 spiro atoms. The third kappa shape index (κ3) is 6.82. The number of ether oxygens (including phenoxy) is 1. The predicted molar refractivity (Wildman–Crippen MR) is 166 cm³/mol. The molecule has 1 N–H and O–H groups in total. The molecular formula is C31H39BrN2O6P2. The summed E-state index contributed by atoms with van der Waals surface area (Å²) in [4.78, 5) is 12.9. The second kappa shape index (κ2) is 15.3. The van der Waals surface area contributed by atoms with Crippen molar-refractivity contribution in [3.63, 3.8) is 0 Å². The van der Waals surface area contributed by atoms with Crippen molar-refractivity contribution in [3.8, 4) is 0 Å². The Bertz CT molecular complexity index is 1260. The number of carbonyl (C=O) groups excluding carboxylic acids is 1. The average Bonchev–Trinajstić information content (AvgIpc) is 3.30. The zero-order valence-corrected chi connectivity index (χ0v) is 27.6. The van der Waals surface area contributed by atoms with E-state index in [4.69, 9.17) is 13.8 Å². The largest absolute Gasteiger partial charge is 1.00 e. The van der Waals surface area contributed by atoms with Gasteiger partial charge in [0.05, 0.1) is 31.8 Å². The lowest BCUT2D eigenvalue weighted by molar-refractivity contribution is -0.515. The lowest BCUT2D eigenvalue weighted by Gasteiger charge is -2.34. The second-order valence-electron chi connectivity index (χ2n) is 9.93. The maximum Gasteiger partial charge on any atom is 0.407 e. The summed E-state index contributed by atoms with van der Waals surface area (Å²) in [5.41, 5.74) is 0. The number of alkyl carbamates (subject to hydrolysis) is 1. The minimum Gasteiger partial charge on any atom is -1.00 e. The fourth-order valence-electron chi connectivity index (χ4n) is 5.45. The SMILES string of the molecule is CCOP(=O)(OCC)[C@@]1(C)[C@@H](COC(=O)NCC[P+](c2ccccc2)(c2ccccc2)c2ccccc2)CC=[N+]1[O-].[Br-]. The molecule has 0 aliphatic carbocycles. The molecule has 0 aromatic heterocycles. The zero-order valence-electron chi connectivity index (χ0n) is 24.2. The van der Waals surface area contributed by atoms with Gasteiger partial charge in [0.2, 0.25) is 0 Å². The third-order valence-corrected chi connectivity index (χ3v) is 15.0. The Labute approximate surface area is 259 Å². The number of nitrogens with zero attached hydrogens (tertiary/aromatic N) is 1. The van der Waals surface area contributed by atoms with Crippen LogP contribution in [0, 0.1) is 11.1 Å². The maximum absolute atomic E-state index is 13.6. The van der Waals surface area contributed by atoms with Crippen LogP contribution in [-0.4, -0.2) is 54.9 Å². The van der Waals surface area contributed by atoms with E-state index in [0.29, 0.717) is 23.9 Å². The molecule has 4 rings (SSSR count). The average molecular weight is 678 g/mol. The number of nitrogens with one attached hydrogen (secondary N) is 1. The van der Waals surface area contributed by atoms with Crippen LogP contribution in [0.5, 0.6) is 0 Å². The van der Waals surface area contributed by atoms with Gasteiger partial charge in [-0.2, -0.15) is 4.74 Å². The van der Waals surface area contributed by atoms with E-state index in [1.807, 2.05) is 18.2 Å². The summed E-state index contributed by atoms with van der Waals surface area (Å²) in [7, 11) is -5.93. The van der Waals surface area contributed by atoms with Crippen molar-refractivity contribution >= 4 is 43.1 Å². The van der Waals surface area contributed by atoms with Gasteiger partial charge in [-0.3, -0.25) is 4.57 Å². The molecule has 0 saturated carbocycles. The molecule has 0 saturated heterocycles. The minimum atomic E-state index is -3.82. The highest BCUT2D eigenvalue weighted by atomic mass is 79.9. The van der Waals surface area contributed by atoms with Gasteiger partial charge in [-0.1, -0.05) is 54.6 Å². The monoisotopic (exact) mass is 676 g/mol. The molecule has 3 aromatic rings. The van der Waals surface area contributed by atoms with Crippen molar-refractivity contribution in [1.82, 2.24) is 5.32 Å². The molecule has 1 aliphatic heterocycles. The molecule has 0 fully saturated rings. The summed E-state index contributed by atoms with van der Waals surface area (Å²) in [5.74, 6) is -0.556. The number of amides is 1. The molecule has 2 atom stereocenters. The van der Waals surface area contributed by atoms with Crippen molar-refractivity contribution < 1.29 is 44.9 Å². The van der Waals surface area contributed by atoms with E-state index in [0.717, 1.165) is 0 Å². The van der Waals surface area contributed by atoms with Gasteiger partial charge in [0, 0.05) is 13.3 Å². The number of benzene rings is 3. The van der Waals surface area contributed by atoms with Gasteiger partial charge in [0.15, 0.2) is 6.21 Å². The van der Waals surface area contributed by atoms with Crippen LogP contribution < -0.4 is 38.2 Å². The van der Waals surface area contributed by atoms with Gasteiger partial charge >= 0.3 is 13.7 Å². The lowest BCUT2D eigenvalue weighted by Crippen LogP contribution is -3.00. The normalized spacial score (nSPS) is 18.5. The van der Waals surface area contributed by atoms with E-state index in [-0.39, 0.29) is 36.8 Å². The van der Waals surface area contributed by atoms with Gasteiger partial charge in [-0.05, 0) is 50.2 Å². The molecule has 0 radical (unpaired) electrons. The number of hydrogen-bond acceptors (Lipinski definition) is 6. The Balaban J connectivity index is 0.00000484. The third-order valence-electron chi connectivity index (χ3n) is 7.65. The second-order valence-corrected chi connectivity index (χ2v) is 16.0. The topological polar surface area (TPSA) is 99.9 Å². The van der Waals surface area contributed by atoms with Crippen LogP contribution in [0.3, 0.4) is 0 Å². The van der Waals surface area contributed by atoms with Crippen LogP contribution in [0.1, 0.15) is 27.2 Å². The Hall–Kier alpha value is -2.54. The Morgan fingerprint density at radius 3 is 1.81 bits per heavy atom. The van der Waals surface area contributed by atoms with E-state index in [9.17, 15) is 14.6 Å². The van der Waals surface area contributed by atoms with E-state index in [1.54, 1.807) is 20.8 Å².